The maximum absolute atomic E-state index is 6.97. The van der Waals surface area contributed by atoms with E-state index in [0.29, 0.717) is 0 Å². The van der Waals surface area contributed by atoms with Crippen molar-refractivity contribution in [3.63, 3.8) is 0 Å². The van der Waals surface area contributed by atoms with Gasteiger partial charge in [-0.1, -0.05) is 135 Å². The van der Waals surface area contributed by atoms with E-state index in [9.17, 15) is 0 Å². The van der Waals surface area contributed by atoms with Crippen LogP contribution in [0, 0.1) is 6.92 Å². The first kappa shape index (κ1) is 35.3. The van der Waals surface area contributed by atoms with Crippen molar-refractivity contribution in [2.75, 3.05) is 9.71 Å². The number of hydrogen-bond donors (Lipinski definition) is 0. The summed E-state index contributed by atoms with van der Waals surface area (Å²) in [5.74, 6) is 1.89. The maximum Gasteiger partial charge on any atom is 0.333 e. The van der Waals surface area contributed by atoms with Gasteiger partial charge in [-0.15, -0.1) is 0 Å². The van der Waals surface area contributed by atoms with Crippen LogP contribution >= 0.6 is 11.8 Å². The van der Waals surface area contributed by atoms with Crippen molar-refractivity contribution in [1.29, 1.82) is 0 Å². The molecule has 6 aromatic rings. The van der Waals surface area contributed by atoms with Gasteiger partial charge < -0.3 is 14.4 Å². The predicted molar refractivity (Wildman–Crippen MR) is 242 cm³/mol. The fraction of sp³-hybridized carbons (Fsp3) is 0.308. The summed E-state index contributed by atoms with van der Waals surface area (Å²) in [5.41, 5.74) is 19.7. The smallest absolute Gasteiger partial charge is 0.333 e. The van der Waals surface area contributed by atoms with Crippen molar-refractivity contribution in [2.45, 2.75) is 114 Å². The zero-order valence-electron chi connectivity index (χ0n) is 35.0. The monoisotopic (exact) mass is 762 g/mol. The largest absolute Gasteiger partial charge is 0.457 e. The molecule has 0 unspecified atom stereocenters. The van der Waals surface area contributed by atoms with E-state index < -0.39 is 0 Å². The van der Waals surface area contributed by atoms with Crippen molar-refractivity contribution in [2.24, 2.45) is 0 Å². The quantitative estimate of drug-likeness (QED) is 0.155. The number of fused-ring (bicyclic) bond motifs is 9. The molecule has 284 valence electrons. The molecule has 3 nitrogen and oxygen atoms in total. The van der Waals surface area contributed by atoms with Gasteiger partial charge in [0.1, 0.15) is 11.5 Å². The van der Waals surface area contributed by atoms with E-state index in [1.54, 1.807) is 0 Å². The predicted octanol–water partition coefficient (Wildman–Crippen LogP) is 13.2. The molecule has 4 aliphatic heterocycles. The van der Waals surface area contributed by atoms with Gasteiger partial charge in [-0.05, 0) is 111 Å². The summed E-state index contributed by atoms with van der Waals surface area (Å²) in [6.45, 7) is 23.9. The molecule has 5 aliphatic rings. The SMILES string of the molecule is Cc1cc2c(cc1N1c3cc4c(cc3B3c5c(cc(C(C)(C)C)cc51)-c1cccc5c1N3c1ccccc1S5)C(C)(C)c1ccccc1O4)C(C)(C)CCC2(C)C. The van der Waals surface area contributed by atoms with E-state index in [2.05, 4.69) is 182 Å². The molecule has 0 radical (unpaired) electrons. The van der Waals surface area contributed by atoms with Crippen LogP contribution in [0.5, 0.6) is 11.5 Å². The van der Waals surface area contributed by atoms with Gasteiger partial charge in [0.05, 0.1) is 5.69 Å². The van der Waals surface area contributed by atoms with Crippen LogP contribution in [0.3, 0.4) is 0 Å². The molecule has 4 heterocycles. The molecule has 5 heteroatoms. The summed E-state index contributed by atoms with van der Waals surface area (Å²) >= 11 is 1.90. The number of hydrogen-bond acceptors (Lipinski definition) is 4. The normalized spacial score (nSPS) is 18.2. The maximum atomic E-state index is 6.97. The van der Waals surface area contributed by atoms with Gasteiger partial charge in [-0.25, -0.2) is 0 Å². The number of ether oxygens (including phenoxy) is 1. The third kappa shape index (κ3) is 4.81. The Morgan fingerprint density at radius 1 is 0.614 bits per heavy atom. The van der Waals surface area contributed by atoms with Crippen molar-refractivity contribution in [3.8, 4) is 22.6 Å². The first-order valence-corrected chi connectivity index (χ1v) is 21.7. The van der Waals surface area contributed by atoms with Crippen molar-refractivity contribution in [1.82, 2.24) is 0 Å². The summed E-state index contributed by atoms with van der Waals surface area (Å²) in [6, 6.07) is 39.7. The molecule has 0 saturated carbocycles. The molecular formula is C52H51BN2OS. The minimum absolute atomic E-state index is 0.0439. The zero-order valence-corrected chi connectivity index (χ0v) is 35.8. The Kier molecular flexibility index (Phi) is 7.07. The highest BCUT2D eigenvalue weighted by Gasteiger charge is 2.50. The van der Waals surface area contributed by atoms with Crippen LogP contribution in [-0.2, 0) is 21.7 Å². The average Bonchev–Trinajstić information content (AvgIpc) is 3.17. The molecule has 0 amide bonds. The van der Waals surface area contributed by atoms with Gasteiger partial charge in [0.2, 0.25) is 0 Å². The summed E-state index contributed by atoms with van der Waals surface area (Å²) < 4.78 is 6.97. The van der Waals surface area contributed by atoms with Gasteiger partial charge in [0.25, 0.3) is 0 Å². The Hall–Kier alpha value is -4.87. The molecule has 0 bridgehead atoms. The van der Waals surface area contributed by atoms with Crippen LogP contribution in [0.2, 0.25) is 0 Å². The molecule has 1 aliphatic carbocycles. The summed E-state index contributed by atoms with van der Waals surface area (Å²) in [5, 5.41) is 0. The topological polar surface area (TPSA) is 15.7 Å². The molecule has 0 spiro atoms. The molecule has 6 aromatic carbocycles. The standard InChI is InChI=1S/C52H51BN2OS/c1-30-24-35-36(51(7,8)23-22-50(35,5)6)28-40(30)54-41-29-44-37(52(9,10)34-17-11-13-19-43(34)56-44)27-38(41)53-47-33(25-31(26-42(47)54)49(2,3)4)32-16-15-21-46-48(32)55(53)39-18-12-14-20-45(39)57-46/h11-21,24-29H,22-23H2,1-10H3. The molecular weight excluding hydrogens is 711 g/mol. The van der Waals surface area contributed by atoms with E-state index in [1.807, 2.05) is 11.8 Å². The lowest BCUT2D eigenvalue weighted by Gasteiger charge is -2.49. The molecule has 11 rings (SSSR count). The highest BCUT2D eigenvalue weighted by molar-refractivity contribution is 7.99. The van der Waals surface area contributed by atoms with Crippen LogP contribution in [0.15, 0.2) is 113 Å². The lowest BCUT2D eigenvalue weighted by molar-refractivity contribution is 0.332. The summed E-state index contributed by atoms with van der Waals surface area (Å²) in [4.78, 5) is 7.95. The van der Waals surface area contributed by atoms with Crippen LogP contribution < -0.4 is 25.4 Å². The van der Waals surface area contributed by atoms with Gasteiger partial charge in [-0.3, -0.25) is 0 Å². The average molecular weight is 763 g/mol. The minimum atomic E-state index is -0.256. The highest BCUT2D eigenvalue weighted by Crippen LogP contribution is 2.58. The van der Waals surface area contributed by atoms with E-state index >= 15 is 0 Å². The van der Waals surface area contributed by atoms with Crippen LogP contribution in [0.1, 0.15) is 109 Å². The second-order valence-electron chi connectivity index (χ2n) is 20.1. The van der Waals surface area contributed by atoms with E-state index in [4.69, 9.17) is 4.74 Å². The third-order valence-electron chi connectivity index (χ3n) is 14.2. The lowest BCUT2D eigenvalue weighted by atomic mass is 9.43. The molecule has 0 saturated heterocycles. The van der Waals surface area contributed by atoms with Crippen molar-refractivity contribution < 1.29 is 4.74 Å². The van der Waals surface area contributed by atoms with Gasteiger partial charge in [0, 0.05) is 60.7 Å². The molecule has 0 atom stereocenters. The Balaban J connectivity index is 1.29. The van der Waals surface area contributed by atoms with Crippen LogP contribution in [0.4, 0.5) is 28.4 Å². The first-order chi connectivity index (χ1) is 27.0. The Morgan fingerprint density at radius 3 is 2.09 bits per heavy atom. The second-order valence-corrected chi connectivity index (χ2v) is 21.2. The summed E-state index contributed by atoms with van der Waals surface area (Å²) in [7, 11) is 0. The Bertz CT molecular complexity index is 2750. The number of nitrogens with zero attached hydrogens (tertiary/aromatic N) is 2. The molecule has 57 heavy (non-hydrogen) atoms. The number of benzene rings is 6. The van der Waals surface area contributed by atoms with Gasteiger partial charge in [0.15, 0.2) is 0 Å². The van der Waals surface area contributed by atoms with E-state index in [1.165, 1.54) is 107 Å². The molecule has 0 N–H and O–H groups in total. The lowest BCUT2D eigenvalue weighted by Crippen LogP contribution is -2.62. The van der Waals surface area contributed by atoms with Crippen LogP contribution in [-0.4, -0.2) is 6.85 Å². The Labute approximate surface area is 343 Å². The Morgan fingerprint density at radius 2 is 1.32 bits per heavy atom. The summed E-state index contributed by atoms with van der Waals surface area (Å²) in [6.07, 6.45) is 2.36. The van der Waals surface area contributed by atoms with Crippen molar-refractivity contribution in [3.05, 3.63) is 137 Å². The molecule has 0 fully saturated rings. The second kappa shape index (κ2) is 11.4. The molecule has 0 aromatic heterocycles. The number of aryl methyl sites for hydroxylation is 1. The third-order valence-corrected chi connectivity index (χ3v) is 15.3. The van der Waals surface area contributed by atoms with Crippen molar-refractivity contribution >= 4 is 58.0 Å². The fourth-order valence-corrected chi connectivity index (χ4v) is 11.9. The highest BCUT2D eigenvalue weighted by atomic mass is 32.2. The van der Waals surface area contributed by atoms with E-state index in [0.717, 1.165) is 11.5 Å². The van der Waals surface area contributed by atoms with Crippen LogP contribution in [0.25, 0.3) is 11.1 Å². The number of anilines is 5. The zero-order chi connectivity index (χ0) is 39.6. The number of para-hydroxylation sites is 3. The van der Waals surface area contributed by atoms with E-state index in [-0.39, 0.29) is 28.5 Å². The van der Waals surface area contributed by atoms with Gasteiger partial charge >= 0.3 is 6.85 Å². The number of rotatable bonds is 1. The fourth-order valence-electron chi connectivity index (χ4n) is 10.8. The first-order valence-electron chi connectivity index (χ1n) is 20.8. The minimum Gasteiger partial charge on any atom is -0.457 e. The van der Waals surface area contributed by atoms with Gasteiger partial charge in [-0.2, -0.15) is 0 Å².